The first-order valence-corrected chi connectivity index (χ1v) is 5.59. The zero-order valence-corrected chi connectivity index (χ0v) is 9.67. The molecule has 0 bridgehead atoms. The molecule has 2 atom stereocenters. The van der Waals surface area contributed by atoms with Crippen LogP contribution in [0.5, 0.6) is 0 Å². The molecule has 1 aliphatic heterocycles. The number of nitrogens with zero attached hydrogens (tertiary/aromatic N) is 1. The molecule has 4 nitrogen and oxygen atoms in total. The zero-order valence-electron chi connectivity index (χ0n) is 8.09. The van der Waals surface area contributed by atoms with E-state index in [1.165, 1.54) is 0 Å². The van der Waals surface area contributed by atoms with E-state index in [-0.39, 0.29) is 0 Å². The lowest BCUT2D eigenvalue weighted by molar-refractivity contribution is 0.113. The van der Waals surface area contributed by atoms with Gasteiger partial charge in [-0.1, -0.05) is 0 Å². The molecule has 1 aromatic heterocycles. The summed E-state index contributed by atoms with van der Waals surface area (Å²) in [5, 5.41) is 3.42. The van der Waals surface area contributed by atoms with Crippen molar-refractivity contribution in [2.45, 2.75) is 32.0 Å². The van der Waals surface area contributed by atoms with Gasteiger partial charge in [0.15, 0.2) is 0 Å². The maximum Gasteiger partial charge on any atom is 0.120 e. The van der Waals surface area contributed by atoms with Crippen molar-refractivity contribution in [3.63, 3.8) is 0 Å². The molecule has 5 heteroatoms. The van der Waals surface area contributed by atoms with Gasteiger partial charge in [-0.15, -0.1) is 0 Å². The summed E-state index contributed by atoms with van der Waals surface area (Å²) in [6, 6.07) is 0.457. The van der Waals surface area contributed by atoms with Gasteiger partial charge in [0.2, 0.25) is 0 Å². The molecule has 0 aromatic carbocycles. The maximum absolute atomic E-state index is 5.46. The van der Waals surface area contributed by atoms with E-state index in [9.17, 15) is 0 Å². The summed E-state index contributed by atoms with van der Waals surface area (Å²) in [5.74, 6) is 0.955. The quantitative estimate of drug-likeness (QED) is 0.864. The third-order valence-corrected chi connectivity index (χ3v) is 2.91. The Morgan fingerprint density at radius 2 is 2.64 bits per heavy atom. The molecule has 0 amide bonds. The Labute approximate surface area is 91.6 Å². The molecule has 0 aliphatic carbocycles. The summed E-state index contributed by atoms with van der Waals surface area (Å²) < 4.78 is 6.38. The Hall–Kier alpha value is -0.390. The molecule has 2 heterocycles. The highest BCUT2D eigenvalue weighted by molar-refractivity contribution is 9.10. The number of H-pyrrole nitrogens is 1. The number of aromatic amines is 1. The van der Waals surface area contributed by atoms with Crippen LogP contribution in [0.3, 0.4) is 0 Å². The van der Waals surface area contributed by atoms with Crippen molar-refractivity contribution in [3.05, 3.63) is 16.6 Å². The molecular formula is C9H14BrN3O. The SMILES string of the molecule is CC1OCCC1NCc1ncc(Br)[nH]1. The first-order valence-electron chi connectivity index (χ1n) is 4.80. The highest BCUT2D eigenvalue weighted by atomic mass is 79.9. The fourth-order valence-corrected chi connectivity index (χ4v) is 1.99. The lowest BCUT2D eigenvalue weighted by Crippen LogP contribution is -2.34. The number of halogens is 1. The Morgan fingerprint density at radius 3 is 3.21 bits per heavy atom. The van der Waals surface area contributed by atoms with Crippen molar-refractivity contribution >= 4 is 15.9 Å². The fourth-order valence-electron chi connectivity index (χ4n) is 1.65. The van der Waals surface area contributed by atoms with Crippen LogP contribution < -0.4 is 5.32 Å². The average Bonchev–Trinajstić information content (AvgIpc) is 2.72. The summed E-state index contributed by atoms with van der Waals surface area (Å²) in [7, 11) is 0. The summed E-state index contributed by atoms with van der Waals surface area (Å²) in [5.41, 5.74) is 0. The van der Waals surface area contributed by atoms with Crippen LogP contribution >= 0.6 is 15.9 Å². The number of hydrogen-bond donors (Lipinski definition) is 2. The lowest BCUT2D eigenvalue weighted by atomic mass is 10.1. The van der Waals surface area contributed by atoms with Crippen molar-refractivity contribution in [2.24, 2.45) is 0 Å². The minimum atomic E-state index is 0.313. The predicted octanol–water partition coefficient (Wildman–Crippen LogP) is 1.44. The molecule has 0 spiro atoms. The van der Waals surface area contributed by atoms with Crippen molar-refractivity contribution in [1.82, 2.24) is 15.3 Å². The maximum atomic E-state index is 5.46. The normalized spacial score (nSPS) is 27.0. The largest absolute Gasteiger partial charge is 0.377 e. The average molecular weight is 260 g/mol. The standard InChI is InChI=1S/C9H14BrN3O/c1-6-7(2-3-14-6)11-5-9-12-4-8(10)13-9/h4,6-7,11H,2-3,5H2,1H3,(H,12,13). The summed E-state index contributed by atoms with van der Waals surface area (Å²) in [4.78, 5) is 7.31. The lowest BCUT2D eigenvalue weighted by Gasteiger charge is -2.14. The predicted molar refractivity (Wildman–Crippen MR) is 56.9 cm³/mol. The molecular weight excluding hydrogens is 246 g/mol. The summed E-state index contributed by atoms with van der Waals surface area (Å²) in [6.45, 7) is 3.73. The van der Waals surface area contributed by atoms with E-state index >= 15 is 0 Å². The van der Waals surface area contributed by atoms with Crippen molar-refractivity contribution in [3.8, 4) is 0 Å². The highest BCUT2D eigenvalue weighted by Crippen LogP contribution is 2.13. The third-order valence-electron chi connectivity index (χ3n) is 2.51. The fraction of sp³-hybridized carbons (Fsp3) is 0.667. The van der Waals surface area contributed by atoms with E-state index in [1.54, 1.807) is 6.20 Å². The first-order chi connectivity index (χ1) is 6.75. The third kappa shape index (κ3) is 2.34. The second-order valence-electron chi connectivity index (χ2n) is 3.53. The molecule has 2 N–H and O–H groups in total. The van der Waals surface area contributed by atoms with Gasteiger partial charge in [0.05, 0.1) is 18.8 Å². The van der Waals surface area contributed by atoms with Crippen molar-refractivity contribution in [2.75, 3.05) is 6.61 Å². The molecule has 0 radical (unpaired) electrons. The van der Waals surface area contributed by atoms with Crippen LogP contribution in [-0.2, 0) is 11.3 Å². The molecule has 1 fully saturated rings. The van der Waals surface area contributed by atoms with Crippen molar-refractivity contribution in [1.29, 1.82) is 0 Å². The van der Waals surface area contributed by atoms with Gasteiger partial charge in [-0.25, -0.2) is 4.98 Å². The van der Waals surface area contributed by atoms with Gasteiger partial charge in [0, 0.05) is 12.6 Å². The van der Waals surface area contributed by atoms with Crippen LogP contribution in [0.25, 0.3) is 0 Å². The second-order valence-corrected chi connectivity index (χ2v) is 4.38. The molecule has 2 rings (SSSR count). The number of rotatable bonds is 3. The Kier molecular flexibility index (Phi) is 3.20. The minimum Gasteiger partial charge on any atom is -0.377 e. The topological polar surface area (TPSA) is 49.9 Å². The van der Waals surface area contributed by atoms with Gasteiger partial charge in [0.25, 0.3) is 0 Å². The molecule has 1 aliphatic rings. The van der Waals surface area contributed by atoms with E-state index in [1.807, 2.05) is 0 Å². The van der Waals surface area contributed by atoms with Crippen LogP contribution in [0.4, 0.5) is 0 Å². The van der Waals surface area contributed by atoms with Gasteiger partial charge >= 0.3 is 0 Å². The first kappa shape index (κ1) is 10.1. The van der Waals surface area contributed by atoms with Gasteiger partial charge in [-0.3, -0.25) is 0 Å². The Morgan fingerprint density at radius 1 is 1.79 bits per heavy atom. The van der Waals surface area contributed by atoms with E-state index in [0.717, 1.165) is 30.0 Å². The smallest absolute Gasteiger partial charge is 0.120 e. The number of hydrogen-bond acceptors (Lipinski definition) is 3. The summed E-state index contributed by atoms with van der Waals surface area (Å²) >= 11 is 3.33. The van der Waals surface area contributed by atoms with Gasteiger partial charge in [0.1, 0.15) is 10.4 Å². The Bertz CT molecular complexity index is 302. The molecule has 0 saturated carbocycles. The highest BCUT2D eigenvalue weighted by Gasteiger charge is 2.23. The number of imidazole rings is 1. The van der Waals surface area contributed by atoms with E-state index in [0.29, 0.717) is 12.1 Å². The van der Waals surface area contributed by atoms with Crippen LogP contribution in [0.15, 0.2) is 10.8 Å². The molecule has 1 saturated heterocycles. The number of aromatic nitrogens is 2. The van der Waals surface area contributed by atoms with Crippen LogP contribution in [-0.4, -0.2) is 28.7 Å². The molecule has 14 heavy (non-hydrogen) atoms. The zero-order chi connectivity index (χ0) is 9.97. The van der Waals surface area contributed by atoms with Crippen LogP contribution in [0, 0.1) is 0 Å². The summed E-state index contributed by atoms with van der Waals surface area (Å²) in [6.07, 6.45) is 3.17. The monoisotopic (exact) mass is 259 g/mol. The van der Waals surface area contributed by atoms with Crippen LogP contribution in [0.2, 0.25) is 0 Å². The van der Waals surface area contributed by atoms with E-state index in [2.05, 4.69) is 38.1 Å². The molecule has 1 aromatic rings. The second kappa shape index (κ2) is 4.42. The Balaban J connectivity index is 1.82. The molecule has 78 valence electrons. The van der Waals surface area contributed by atoms with Gasteiger partial charge in [-0.05, 0) is 29.3 Å². The van der Waals surface area contributed by atoms with E-state index < -0.39 is 0 Å². The van der Waals surface area contributed by atoms with E-state index in [4.69, 9.17) is 4.74 Å². The van der Waals surface area contributed by atoms with Crippen LogP contribution in [0.1, 0.15) is 19.2 Å². The minimum absolute atomic E-state index is 0.313. The van der Waals surface area contributed by atoms with Gasteiger partial charge in [-0.2, -0.15) is 0 Å². The molecule has 2 unspecified atom stereocenters. The van der Waals surface area contributed by atoms with Crippen molar-refractivity contribution < 1.29 is 4.74 Å². The number of ether oxygens (including phenoxy) is 1. The van der Waals surface area contributed by atoms with Gasteiger partial charge < -0.3 is 15.0 Å². The number of nitrogens with one attached hydrogen (secondary N) is 2.